The first kappa shape index (κ1) is 18.7. The van der Waals surface area contributed by atoms with E-state index in [-0.39, 0.29) is 18.4 Å². The van der Waals surface area contributed by atoms with E-state index in [2.05, 4.69) is 10.3 Å². The lowest BCUT2D eigenvalue weighted by Crippen LogP contribution is -2.20. The number of pyridine rings is 1. The van der Waals surface area contributed by atoms with E-state index in [4.69, 9.17) is 19.5 Å². The second-order valence-corrected chi connectivity index (χ2v) is 5.61. The standard InChI is InChI=1S/C21H17N3O4/c1-26-16-8-10-18(11-9-16)28-21-19(3-2-12-23-21)24-20(25)14-27-17-6-4-15(13-22)5-7-17/h2-12H,14H2,1H3,(H,24,25). The minimum absolute atomic E-state index is 0.192. The summed E-state index contributed by atoms with van der Waals surface area (Å²) in [4.78, 5) is 16.4. The van der Waals surface area contributed by atoms with E-state index >= 15 is 0 Å². The van der Waals surface area contributed by atoms with Gasteiger partial charge in [-0.25, -0.2) is 4.98 Å². The number of nitriles is 1. The van der Waals surface area contributed by atoms with Crippen LogP contribution in [0.4, 0.5) is 5.69 Å². The summed E-state index contributed by atoms with van der Waals surface area (Å²) in [7, 11) is 1.59. The van der Waals surface area contributed by atoms with E-state index in [0.717, 1.165) is 0 Å². The largest absolute Gasteiger partial charge is 0.497 e. The van der Waals surface area contributed by atoms with Crippen LogP contribution in [0.1, 0.15) is 5.56 Å². The van der Waals surface area contributed by atoms with Crippen molar-refractivity contribution in [2.75, 3.05) is 19.0 Å². The molecule has 0 atom stereocenters. The molecule has 0 spiro atoms. The van der Waals surface area contributed by atoms with Gasteiger partial charge < -0.3 is 19.5 Å². The lowest BCUT2D eigenvalue weighted by atomic mass is 10.2. The maximum absolute atomic E-state index is 12.2. The molecule has 2 aromatic carbocycles. The smallest absolute Gasteiger partial charge is 0.262 e. The molecule has 0 aliphatic heterocycles. The molecular weight excluding hydrogens is 358 g/mol. The van der Waals surface area contributed by atoms with Crippen LogP contribution in [0.3, 0.4) is 0 Å². The van der Waals surface area contributed by atoms with Crippen molar-refractivity contribution in [1.29, 1.82) is 5.26 Å². The van der Waals surface area contributed by atoms with E-state index in [1.165, 1.54) is 0 Å². The Bertz CT molecular complexity index is 980. The number of hydrogen-bond acceptors (Lipinski definition) is 6. The number of nitrogens with zero attached hydrogens (tertiary/aromatic N) is 2. The van der Waals surface area contributed by atoms with Crippen LogP contribution in [-0.4, -0.2) is 24.6 Å². The van der Waals surface area contributed by atoms with Gasteiger partial charge >= 0.3 is 0 Å². The summed E-state index contributed by atoms with van der Waals surface area (Å²) in [6.45, 7) is -0.192. The number of amides is 1. The summed E-state index contributed by atoms with van der Waals surface area (Å²) < 4.78 is 16.3. The van der Waals surface area contributed by atoms with Gasteiger partial charge in [0.2, 0.25) is 5.88 Å². The Hall–Kier alpha value is -4.05. The minimum atomic E-state index is -0.364. The Morgan fingerprint density at radius 3 is 2.39 bits per heavy atom. The Labute approximate surface area is 162 Å². The molecule has 0 radical (unpaired) electrons. The average Bonchev–Trinajstić information content (AvgIpc) is 2.74. The van der Waals surface area contributed by atoms with Gasteiger partial charge in [-0.15, -0.1) is 0 Å². The van der Waals surface area contributed by atoms with E-state index in [1.54, 1.807) is 74.0 Å². The molecule has 0 unspecified atom stereocenters. The Morgan fingerprint density at radius 1 is 1.04 bits per heavy atom. The molecule has 28 heavy (non-hydrogen) atoms. The zero-order chi connectivity index (χ0) is 19.8. The summed E-state index contributed by atoms with van der Waals surface area (Å²) in [6, 6.07) is 18.9. The van der Waals surface area contributed by atoms with Gasteiger partial charge in [0.1, 0.15) is 22.9 Å². The second-order valence-electron chi connectivity index (χ2n) is 5.61. The molecule has 0 fully saturated rings. The molecule has 7 heteroatoms. The van der Waals surface area contributed by atoms with Crippen LogP contribution >= 0.6 is 0 Å². The van der Waals surface area contributed by atoms with Crippen molar-refractivity contribution < 1.29 is 19.0 Å². The van der Waals surface area contributed by atoms with Crippen LogP contribution in [0.2, 0.25) is 0 Å². The highest BCUT2D eigenvalue weighted by atomic mass is 16.5. The molecule has 0 aliphatic carbocycles. The first-order valence-corrected chi connectivity index (χ1v) is 8.37. The predicted octanol–water partition coefficient (Wildman–Crippen LogP) is 3.77. The average molecular weight is 375 g/mol. The Kier molecular flexibility index (Phi) is 6.06. The van der Waals surface area contributed by atoms with Gasteiger partial charge in [0.25, 0.3) is 5.91 Å². The summed E-state index contributed by atoms with van der Waals surface area (Å²) in [6.07, 6.45) is 1.57. The zero-order valence-electron chi connectivity index (χ0n) is 15.1. The highest BCUT2D eigenvalue weighted by molar-refractivity contribution is 5.93. The van der Waals surface area contributed by atoms with Gasteiger partial charge in [-0.2, -0.15) is 5.26 Å². The van der Waals surface area contributed by atoms with Crippen LogP contribution in [0.15, 0.2) is 66.9 Å². The molecule has 1 N–H and O–H groups in total. The van der Waals surface area contributed by atoms with Crippen LogP contribution in [-0.2, 0) is 4.79 Å². The number of carbonyl (C=O) groups excluding carboxylic acids is 1. The maximum atomic E-state index is 12.2. The number of carbonyl (C=O) groups is 1. The van der Waals surface area contributed by atoms with Gasteiger partial charge in [-0.1, -0.05) is 0 Å². The molecule has 1 amide bonds. The summed E-state index contributed by atoms with van der Waals surface area (Å²) in [5.41, 5.74) is 0.944. The number of ether oxygens (including phenoxy) is 3. The predicted molar refractivity (Wildman–Crippen MR) is 103 cm³/mol. The van der Waals surface area contributed by atoms with Gasteiger partial charge in [0.15, 0.2) is 6.61 Å². The molecular formula is C21H17N3O4. The molecule has 1 heterocycles. The second kappa shape index (κ2) is 9.05. The molecule has 0 bridgehead atoms. The van der Waals surface area contributed by atoms with Crippen molar-refractivity contribution in [3.8, 4) is 29.2 Å². The fourth-order valence-electron chi connectivity index (χ4n) is 2.28. The van der Waals surface area contributed by atoms with Crippen LogP contribution in [0.25, 0.3) is 0 Å². The first-order valence-electron chi connectivity index (χ1n) is 8.37. The summed E-state index contributed by atoms with van der Waals surface area (Å²) in [5.74, 6) is 1.66. The SMILES string of the molecule is COc1ccc(Oc2ncccc2NC(=O)COc2ccc(C#N)cc2)cc1. The Morgan fingerprint density at radius 2 is 1.71 bits per heavy atom. The maximum Gasteiger partial charge on any atom is 0.262 e. The molecule has 0 saturated heterocycles. The molecule has 3 aromatic rings. The zero-order valence-corrected chi connectivity index (χ0v) is 15.1. The molecule has 1 aromatic heterocycles. The third kappa shape index (κ3) is 4.99. The number of aromatic nitrogens is 1. The lowest BCUT2D eigenvalue weighted by Gasteiger charge is -2.12. The number of rotatable bonds is 7. The normalized spacial score (nSPS) is 9.86. The van der Waals surface area contributed by atoms with Crippen molar-refractivity contribution >= 4 is 11.6 Å². The quantitative estimate of drug-likeness (QED) is 0.676. The monoisotopic (exact) mass is 375 g/mol. The van der Waals surface area contributed by atoms with Crippen molar-refractivity contribution in [1.82, 2.24) is 4.98 Å². The topological polar surface area (TPSA) is 93.5 Å². The number of nitrogens with one attached hydrogen (secondary N) is 1. The first-order chi connectivity index (χ1) is 13.7. The molecule has 140 valence electrons. The fraction of sp³-hybridized carbons (Fsp3) is 0.0952. The molecule has 3 rings (SSSR count). The van der Waals surface area contributed by atoms with Crippen LogP contribution in [0, 0.1) is 11.3 Å². The van der Waals surface area contributed by atoms with Crippen molar-refractivity contribution in [2.24, 2.45) is 0 Å². The van der Waals surface area contributed by atoms with E-state index in [0.29, 0.717) is 28.5 Å². The van der Waals surface area contributed by atoms with Crippen LogP contribution in [0.5, 0.6) is 23.1 Å². The summed E-state index contributed by atoms with van der Waals surface area (Å²) >= 11 is 0. The van der Waals surface area contributed by atoms with E-state index in [1.807, 2.05) is 6.07 Å². The van der Waals surface area contributed by atoms with Crippen molar-refractivity contribution in [3.63, 3.8) is 0 Å². The number of anilines is 1. The molecule has 0 saturated carbocycles. The van der Waals surface area contributed by atoms with Gasteiger partial charge in [0, 0.05) is 6.20 Å². The van der Waals surface area contributed by atoms with E-state index in [9.17, 15) is 4.79 Å². The molecule has 0 aliphatic rings. The highest BCUT2D eigenvalue weighted by Gasteiger charge is 2.11. The number of methoxy groups -OCH3 is 1. The van der Waals surface area contributed by atoms with Crippen molar-refractivity contribution in [3.05, 3.63) is 72.4 Å². The molecule has 7 nitrogen and oxygen atoms in total. The third-order valence-electron chi connectivity index (χ3n) is 3.67. The number of hydrogen-bond donors (Lipinski definition) is 1. The number of benzene rings is 2. The van der Waals surface area contributed by atoms with Gasteiger partial charge in [-0.05, 0) is 60.7 Å². The highest BCUT2D eigenvalue weighted by Crippen LogP contribution is 2.28. The van der Waals surface area contributed by atoms with Gasteiger partial charge in [-0.3, -0.25) is 4.79 Å². The lowest BCUT2D eigenvalue weighted by molar-refractivity contribution is -0.118. The minimum Gasteiger partial charge on any atom is -0.497 e. The third-order valence-corrected chi connectivity index (χ3v) is 3.67. The van der Waals surface area contributed by atoms with Gasteiger partial charge in [0.05, 0.1) is 18.7 Å². The van der Waals surface area contributed by atoms with Crippen LogP contribution < -0.4 is 19.5 Å². The summed E-state index contributed by atoms with van der Waals surface area (Å²) in [5, 5.41) is 11.5. The van der Waals surface area contributed by atoms with Crippen molar-refractivity contribution in [2.45, 2.75) is 0 Å². The Balaban J connectivity index is 1.61. The fourth-order valence-corrected chi connectivity index (χ4v) is 2.28. The van der Waals surface area contributed by atoms with E-state index < -0.39 is 0 Å².